The summed E-state index contributed by atoms with van der Waals surface area (Å²) in [5.74, 6) is 0.646. The molecule has 0 aliphatic carbocycles. The van der Waals surface area contributed by atoms with E-state index < -0.39 is 24.4 Å². The molecule has 0 N–H and O–H groups in total. The Bertz CT molecular complexity index is 924. The molecule has 1 fully saturated rings. The van der Waals surface area contributed by atoms with Crippen molar-refractivity contribution in [1.29, 1.82) is 0 Å². The van der Waals surface area contributed by atoms with Gasteiger partial charge >= 0.3 is 0 Å². The van der Waals surface area contributed by atoms with E-state index in [-0.39, 0.29) is 13.2 Å². The molecule has 0 aromatic carbocycles. The summed E-state index contributed by atoms with van der Waals surface area (Å²) in [4.78, 5) is 23.1. The summed E-state index contributed by atoms with van der Waals surface area (Å²) in [7, 11) is 3.57. The zero-order valence-corrected chi connectivity index (χ0v) is 33.8. The van der Waals surface area contributed by atoms with Crippen LogP contribution in [0.1, 0.15) is 187 Å². The van der Waals surface area contributed by atoms with Crippen molar-refractivity contribution in [3.05, 3.63) is 41.5 Å². The van der Waals surface area contributed by atoms with Gasteiger partial charge in [0.2, 0.25) is 0 Å². The molecule has 51 heavy (non-hydrogen) atoms. The summed E-state index contributed by atoms with van der Waals surface area (Å²) in [6, 6.07) is -0.836. The van der Waals surface area contributed by atoms with Crippen LogP contribution in [0, 0.1) is 4.91 Å². The number of rotatable bonds is 38. The Morgan fingerprint density at radius 3 is 1.65 bits per heavy atom. The Morgan fingerprint density at radius 1 is 0.725 bits per heavy atom. The van der Waals surface area contributed by atoms with Crippen LogP contribution in [0.15, 0.2) is 41.8 Å². The Morgan fingerprint density at radius 2 is 1.18 bits per heavy atom. The molecule has 8 heteroatoms. The maximum atomic E-state index is 11.8. The second kappa shape index (κ2) is 35.2. The van der Waals surface area contributed by atoms with E-state index in [4.69, 9.17) is 18.9 Å². The van der Waals surface area contributed by atoms with Crippen molar-refractivity contribution in [2.24, 2.45) is 5.18 Å². The lowest BCUT2D eigenvalue weighted by Crippen LogP contribution is -2.42. The second-order valence-electron chi connectivity index (χ2n) is 14.4. The minimum atomic E-state index is -0.836. The number of ether oxygens (including phenoxy) is 4. The van der Waals surface area contributed by atoms with Crippen LogP contribution in [-0.4, -0.2) is 49.5 Å². The number of carbonyl (C=O) groups is 1. The topological polar surface area (TPSA) is 83.4 Å². The number of hydrogen-bond donors (Lipinski definition) is 0. The molecule has 1 heterocycles. The van der Waals surface area contributed by atoms with E-state index in [1.165, 1.54) is 128 Å². The van der Waals surface area contributed by atoms with Crippen molar-refractivity contribution in [3.63, 3.8) is 0 Å². The van der Waals surface area contributed by atoms with E-state index in [1.807, 2.05) is 0 Å². The van der Waals surface area contributed by atoms with Crippen LogP contribution in [0.4, 0.5) is 0 Å². The highest BCUT2D eigenvalue weighted by Gasteiger charge is 2.46. The Kier molecular flexibility index (Phi) is 32.6. The molecule has 0 amide bonds. The Labute approximate surface area is 315 Å². The SMILES string of the molecule is C=C(CCCCCCC/C=C/CCCCCCCC)O[C@H]1COC([C@@H](COC(=P)CCCCCC/C=C/CCCCCCCC)N=O)C1OC=O. The highest BCUT2D eigenvalue weighted by Crippen LogP contribution is 2.27. The highest BCUT2D eigenvalue weighted by molar-refractivity contribution is 7.20. The molecule has 294 valence electrons. The van der Waals surface area contributed by atoms with Crippen molar-refractivity contribution >= 4 is 20.8 Å². The molecular weight excluding hydrogens is 657 g/mol. The third-order valence-corrected chi connectivity index (χ3v) is 10.1. The molecular formula is C43H76NO6P. The van der Waals surface area contributed by atoms with Crippen LogP contribution in [0.3, 0.4) is 0 Å². The molecule has 0 aromatic heterocycles. The predicted octanol–water partition coefficient (Wildman–Crippen LogP) is 12.9. The quantitative estimate of drug-likeness (QED) is 0.0157. The zero-order valence-electron chi connectivity index (χ0n) is 32.8. The monoisotopic (exact) mass is 734 g/mol. The minimum absolute atomic E-state index is 0.0394. The highest BCUT2D eigenvalue weighted by atomic mass is 31.0. The molecule has 0 bridgehead atoms. The summed E-state index contributed by atoms with van der Waals surface area (Å²) in [6.07, 6.45) is 40.1. The molecule has 0 spiro atoms. The van der Waals surface area contributed by atoms with Gasteiger partial charge in [0.15, 0.2) is 12.2 Å². The first-order chi connectivity index (χ1) is 25.1. The van der Waals surface area contributed by atoms with E-state index in [0.29, 0.717) is 17.7 Å². The minimum Gasteiger partial charge on any atom is -0.489 e. The van der Waals surface area contributed by atoms with Crippen LogP contribution < -0.4 is 0 Å². The molecule has 4 atom stereocenters. The van der Waals surface area contributed by atoms with Crippen molar-refractivity contribution < 1.29 is 23.7 Å². The van der Waals surface area contributed by atoms with Gasteiger partial charge in [-0.1, -0.05) is 155 Å². The Hall–Kier alpha value is -1.82. The van der Waals surface area contributed by atoms with Gasteiger partial charge in [-0.2, -0.15) is 4.91 Å². The van der Waals surface area contributed by atoms with Gasteiger partial charge in [0.1, 0.15) is 12.1 Å². The van der Waals surface area contributed by atoms with Gasteiger partial charge in [0.05, 0.1) is 24.5 Å². The first-order valence-electron chi connectivity index (χ1n) is 20.9. The molecule has 1 aliphatic heterocycles. The van der Waals surface area contributed by atoms with E-state index in [0.717, 1.165) is 44.9 Å². The number of nitroso groups, excluding NO2 is 1. The molecule has 1 aliphatic rings. The number of allylic oxidation sites excluding steroid dienone is 5. The maximum absolute atomic E-state index is 11.8. The third kappa shape index (κ3) is 26.6. The van der Waals surface area contributed by atoms with E-state index >= 15 is 0 Å². The molecule has 0 saturated carbocycles. The fourth-order valence-electron chi connectivity index (χ4n) is 6.56. The first-order valence-corrected chi connectivity index (χ1v) is 21.4. The number of carbonyl (C=O) groups excluding carboxylic acids is 1. The smallest absolute Gasteiger partial charge is 0.293 e. The first kappa shape index (κ1) is 47.2. The number of nitrogens with zero attached hydrogens (tertiary/aromatic N) is 1. The summed E-state index contributed by atoms with van der Waals surface area (Å²) in [5, 5.41) is 3.26. The predicted molar refractivity (Wildman–Crippen MR) is 218 cm³/mol. The van der Waals surface area contributed by atoms with Crippen molar-refractivity contribution in [3.8, 4) is 0 Å². The lowest BCUT2D eigenvalue weighted by Gasteiger charge is -2.25. The average Bonchev–Trinajstić information content (AvgIpc) is 3.51. The summed E-state index contributed by atoms with van der Waals surface area (Å²) in [6.45, 7) is 9.23. The third-order valence-electron chi connectivity index (χ3n) is 9.75. The van der Waals surface area contributed by atoms with Gasteiger partial charge in [-0.15, -0.1) is 0 Å². The second-order valence-corrected chi connectivity index (χ2v) is 15.0. The van der Waals surface area contributed by atoms with E-state index in [2.05, 4.69) is 58.8 Å². The van der Waals surface area contributed by atoms with Crippen molar-refractivity contribution in [2.75, 3.05) is 13.2 Å². The van der Waals surface area contributed by atoms with E-state index in [1.54, 1.807) is 0 Å². The molecule has 0 aromatic rings. The van der Waals surface area contributed by atoms with Gasteiger partial charge in [-0.3, -0.25) is 4.79 Å². The van der Waals surface area contributed by atoms with Crippen molar-refractivity contribution in [1.82, 2.24) is 0 Å². The van der Waals surface area contributed by atoms with Gasteiger partial charge in [0.25, 0.3) is 6.47 Å². The average molecular weight is 734 g/mol. The summed E-state index contributed by atoms with van der Waals surface area (Å²) < 4.78 is 23.1. The maximum Gasteiger partial charge on any atom is 0.293 e. The van der Waals surface area contributed by atoms with Crippen LogP contribution in [0.2, 0.25) is 0 Å². The largest absolute Gasteiger partial charge is 0.489 e. The summed E-state index contributed by atoms with van der Waals surface area (Å²) in [5.41, 5.74) is 0.689. The molecule has 7 nitrogen and oxygen atoms in total. The fourth-order valence-corrected chi connectivity index (χ4v) is 6.82. The molecule has 2 unspecified atom stereocenters. The van der Waals surface area contributed by atoms with Gasteiger partial charge < -0.3 is 18.9 Å². The van der Waals surface area contributed by atoms with Crippen LogP contribution in [0.5, 0.6) is 0 Å². The summed E-state index contributed by atoms with van der Waals surface area (Å²) >= 11 is 0. The molecule has 1 rings (SSSR count). The molecule has 1 saturated heterocycles. The van der Waals surface area contributed by atoms with Crippen LogP contribution in [-0.2, 0) is 23.7 Å². The zero-order chi connectivity index (χ0) is 37.0. The van der Waals surface area contributed by atoms with E-state index in [9.17, 15) is 9.70 Å². The lowest BCUT2D eigenvalue weighted by molar-refractivity contribution is -0.141. The standard InChI is InChI=1S/C43H76NO6P/c1-4-6-8-10-12-14-16-18-20-21-23-25-27-29-31-33-38(3)50-40-36-48-42(43(40)49-37-45)39(44-46)35-47-41(51)34-32-30-28-26-24-22-19-17-15-13-11-9-7-5-2/h18-20,22,37,39-40,42-43,51H,3-17,21,23-36H2,1-2H3/b20-18+,22-19+/t39-,40+,42?,43?/m1/s1. The molecule has 0 radical (unpaired) electrons. The van der Waals surface area contributed by atoms with Crippen molar-refractivity contribution in [2.45, 2.75) is 212 Å². The van der Waals surface area contributed by atoms with Gasteiger partial charge in [-0.05, 0) is 70.6 Å². The van der Waals surface area contributed by atoms with Gasteiger partial charge in [-0.25, -0.2) is 0 Å². The lowest BCUT2D eigenvalue weighted by atomic mass is 10.0. The normalized spacial score (nSPS) is 18.0. The number of hydrogen-bond acceptors (Lipinski definition) is 7. The van der Waals surface area contributed by atoms with Crippen LogP contribution in [0.25, 0.3) is 0 Å². The van der Waals surface area contributed by atoms with Crippen LogP contribution >= 0.6 is 8.86 Å². The van der Waals surface area contributed by atoms with Gasteiger partial charge in [0, 0.05) is 6.42 Å². The fraction of sp³-hybridized carbons (Fsp3) is 0.814. The number of unbranched alkanes of at least 4 members (excludes halogenated alkanes) is 21. The Balaban J connectivity index is 2.17.